The average molecular weight is 242 g/mol. The van der Waals surface area contributed by atoms with E-state index in [-0.39, 0.29) is 5.91 Å². The van der Waals surface area contributed by atoms with Crippen molar-refractivity contribution in [1.29, 1.82) is 5.26 Å². The molecule has 18 heavy (non-hydrogen) atoms. The minimum Gasteiger partial charge on any atom is -0.399 e. The summed E-state index contributed by atoms with van der Waals surface area (Å²) in [6.07, 6.45) is 1.33. The van der Waals surface area contributed by atoms with Crippen LogP contribution in [0.4, 0.5) is 11.4 Å². The van der Waals surface area contributed by atoms with E-state index in [1.165, 1.54) is 12.3 Å². The predicted molar refractivity (Wildman–Crippen MR) is 64.8 cm³/mol. The molecule has 0 saturated heterocycles. The van der Waals surface area contributed by atoms with Crippen LogP contribution < -0.4 is 11.1 Å². The van der Waals surface area contributed by atoms with Gasteiger partial charge in [0.1, 0.15) is 17.4 Å². The number of rotatable bonds is 2. The topological polar surface area (TPSA) is 105 Å². The van der Waals surface area contributed by atoms with Crippen molar-refractivity contribution in [3.63, 3.8) is 0 Å². The average Bonchev–Trinajstić information content (AvgIpc) is 2.77. The van der Waals surface area contributed by atoms with Crippen LogP contribution in [-0.4, -0.2) is 11.1 Å². The van der Waals surface area contributed by atoms with Gasteiger partial charge in [-0.15, -0.1) is 0 Å². The number of benzene rings is 1. The largest absolute Gasteiger partial charge is 0.399 e. The second kappa shape index (κ2) is 4.59. The number of aromatic nitrogens is 1. The lowest BCUT2D eigenvalue weighted by Gasteiger charge is -2.06. The molecule has 0 spiro atoms. The maximum absolute atomic E-state index is 11.9. The molecule has 3 N–H and O–H groups in total. The van der Waals surface area contributed by atoms with Crippen LogP contribution in [0.3, 0.4) is 0 Å². The van der Waals surface area contributed by atoms with Crippen LogP contribution >= 0.6 is 0 Å². The third-order valence-corrected chi connectivity index (χ3v) is 2.41. The molecule has 0 aliphatic carbocycles. The summed E-state index contributed by atoms with van der Waals surface area (Å²) >= 11 is 0. The summed E-state index contributed by atoms with van der Waals surface area (Å²) in [7, 11) is 0. The van der Waals surface area contributed by atoms with Crippen LogP contribution in [0.25, 0.3) is 0 Å². The van der Waals surface area contributed by atoms with Gasteiger partial charge < -0.3 is 15.6 Å². The van der Waals surface area contributed by atoms with Gasteiger partial charge in [0.05, 0.1) is 17.4 Å². The van der Waals surface area contributed by atoms with E-state index in [0.717, 1.165) is 0 Å². The lowest BCUT2D eigenvalue weighted by Crippen LogP contribution is -2.13. The number of nitrogen functional groups attached to an aromatic ring is 1. The number of amides is 1. The molecular weight excluding hydrogens is 232 g/mol. The molecule has 1 aromatic carbocycles. The van der Waals surface area contributed by atoms with E-state index in [1.807, 2.05) is 6.07 Å². The highest BCUT2D eigenvalue weighted by molar-refractivity contribution is 6.05. The Balaban J connectivity index is 2.28. The number of nitriles is 1. The monoisotopic (exact) mass is 242 g/mol. The Morgan fingerprint density at radius 3 is 2.94 bits per heavy atom. The van der Waals surface area contributed by atoms with Crippen LogP contribution in [0.5, 0.6) is 0 Å². The van der Waals surface area contributed by atoms with Gasteiger partial charge in [0.2, 0.25) is 0 Å². The second-order valence-electron chi connectivity index (χ2n) is 3.67. The van der Waals surface area contributed by atoms with E-state index in [1.54, 1.807) is 19.1 Å². The molecule has 90 valence electrons. The van der Waals surface area contributed by atoms with E-state index in [4.69, 9.17) is 15.5 Å². The van der Waals surface area contributed by atoms with Crippen LogP contribution in [-0.2, 0) is 0 Å². The van der Waals surface area contributed by atoms with Crippen molar-refractivity contribution in [3.05, 3.63) is 41.3 Å². The Bertz CT molecular complexity index is 640. The number of carbonyl (C=O) groups is 1. The van der Waals surface area contributed by atoms with Gasteiger partial charge >= 0.3 is 0 Å². The quantitative estimate of drug-likeness (QED) is 0.779. The smallest absolute Gasteiger partial charge is 0.260 e. The minimum atomic E-state index is -0.380. The van der Waals surface area contributed by atoms with Gasteiger partial charge in [0.25, 0.3) is 5.91 Å². The normalized spacial score (nSPS) is 9.78. The summed E-state index contributed by atoms with van der Waals surface area (Å²) < 4.78 is 4.80. The Labute approximate surface area is 103 Å². The molecule has 0 atom stereocenters. The number of nitrogens with zero attached hydrogens (tertiary/aromatic N) is 2. The number of anilines is 2. The van der Waals surface area contributed by atoms with Gasteiger partial charge in [-0.25, -0.2) is 0 Å². The minimum absolute atomic E-state index is 0.303. The van der Waals surface area contributed by atoms with Crippen molar-refractivity contribution in [2.75, 3.05) is 11.1 Å². The third kappa shape index (κ3) is 2.15. The fourth-order valence-corrected chi connectivity index (χ4v) is 1.47. The maximum atomic E-state index is 11.9. The van der Waals surface area contributed by atoms with Crippen molar-refractivity contribution in [1.82, 2.24) is 5.16 Å². The third-order valence-electron chi connectivity index (χ3n) is 2.41. The highest BCUT2D eigenvalue weighted by Gasteiger charge is 2.14. The zero-order chi connectivity index (χ0) is 13.1. The van der Waals surface area contributed by atoms with Crippen molar-refractivity contribution < 1.29 is 9.32 Å². The summed E-state index contributed by atoms with van der Waals surface area (Å²) in [4.78, 5) is 11.9. The Kier molecular flexibility index (Phi) is 2.98. The fourth-order valence-electron chi connectivity index (χ4n) is 1.47. The van der Waals surface area contributed by atoms with Gasteiger partial charge in [0.15, 0.2) is 0 Å². The molecule has 0 saturated carbocycles. The number of nitrogens with one attached hydrogen (secondary N) is 1. The highest BCUT2D eigenvalue weighted by Crippen LogP contribution is 2.19. The van der Waals surface area contributed by atoms with E-state index in [9.17, 15) is 4.79 Å². The van der Waals surface area contributed by atoms with Crippen molar-refractivity contribution >= 4 is 17.3 Å². The first-order valence-electron chi connectivity index (χ1n) is 5.14. The van der Waals surface area contributed by atoms with Gasteiger partial charge in [-0.1, -0.05) is 5.16 Å². The fraction of sp³-hybridized carbons (Fsp3) is 0.0833. The van der Waals surface area contributed by atoms with Crippen molar-refractivity contribution in [3.8, 4) is 6.07 Å². The lowest BCUT2D eigenvalue weighted by molar-refractivity contribution is 0.102. The Morgan fingerprint density at radius 1 is 1.56 bits per heavy atom. The summed E-state index contributed by atoms with van der Waals surface area (Å²) in [6.45, 7) is 1.64. The van der Waals surface area contributed by atoms with Crippen molar-refractivity contribution in [2.24, 2.45) is 0 Å². The molecule has 1 heterocycles. The van der Waals surface area contributed by atoms with Gasteiger partial charge in [-0.2, -0.15) is 5.26 Å². The highest BCUT2D eigenvalue weighted by atomic mass is 16.5. The molecule has 0 aliphatic rings. The van der Waals surface area contributed by atoms with E-state index in [2.05, 4.69) is 10.5 Å². The summed E-state index contributed by atoms with van der Waals surface area (Å²) in [5.41, 5.74) is 7.06. The molecule has 6 nitrogen and oxygen atoms in total. The molecule has 1 amide bonds. The predicted octanol–water partition coefficient (Wildman–Crippen LogP) is 1.69. The number of carbonyl (C=O) groups excluding carboxylic acids is 1. The van der Waals surface area contributed by atoms with Crippen LogP contribution in [0.15, 0.2) is 28.9 Å². The molecule has 1 aromatic heterocycles. The standard InChI is InChI=1S/C12H10N4O2/c1-7-10(6-15-18-7)12(17)16-11-3-2-9(14)4-8(11)5-13/h2-4,6H,14H2,1H3,(H,16,17). The summed E-state index contributed by atoms with van der Waals surface area (Å²) in [6, 6.07) is 6.65. The molecule has 0 fully saturated rings. The summed E-state index contributed by atoms with van der Waals surface area (Å²) in [5, 5.41) is 15.1. The van der Waals surface area contributed by atoms with E-state index >= 15 is 0 Å². The molecule has 6 heteroatoms. The zero-order valence-corrected chi connectivity index (χ0v) is 9.60. The Morgan fingerprint density at radius 2 is 2.33 bits per heavy atom. The molecular formula is C12H10N4O2. The summed E-state index contributed by atoms with van der Waals surface area (Å²) in [5.74, 6) is 0.0384. The van der Waals surface area contributed by atoms with E-state index < -0.39 is 0 Å². The maximum Gasteiger partial charge on any atom is 0.260 e. The molecule has 0 radical (unpaired) electrons. The number of aryl methyl sites for hydroxylation is 1. The van der Waals surface area contributed by atoms with Crippen LogP contribution in [0, 0.1) is 18.3 Å². The Hall–Kier alpha value is -2.81. The SMILES string of the molecule is Cc1oncc1C(=O)Nc1ccc(N)cc1C#N. The van der Waals surface area contributed by atoms with Crippen LogP contribution in [0.2, 0.25) is 0 Å². The first-order chi connectivity index (χ1) is 8.61. The lowest BCUT2D eigenvalue weighted by atomic mass is 10.1. The van der Waals surface area contributed by atoms with Gasteiger partial charge in [-0.05, 0) is 25.1 Å². The first kappa shape index (κ1) is 11.7. The molecule has 2 rings (SSSR count). The molecule has 0 unspecified atom stereocenters. The van der Waals surface area contributed by atoms with Crippen LogP contribution in [0.1, 0.15) is 21.7 Å². The second-order valence-corrected chi connectivity index (χ2v) is 3.67. The number of nitrogens with two attached hydrogens (primary N) is 1. The number of hydrogen-bond acceptors (Lipinski definition) is 5. The van der Waals surface area contributed by atoms with Crippen molar-refractivity contribution in [2.45, 2.75) is 6.92 Å². The molecule has 0 aliphatic heterocycles. The number of hydrogen-bond donors (Lipinski definition) is 2. The molecule has 2 aromatic rings. The van der Waals surface area contributed by atoms with Gasteiger partial charge in [0, 0.05) is 5.69 Å². The van der Waals surface area contributed by atoms with E-state index in [0.29, 0.717) is 28.3 Å². The molecule has 0 bridgehead atoms. The zero-order valence-electron chi connectivity index (χ0n) is 9.60. The van der Waals surface area contributed by atoms with Gasteiger partial charge in [-0.3, -0.25) is 4.79 Å². The first-order valence-corrected chi connectivity index (χ1v) is 5.14.